The molecule has 0 amide bonds. The van der Waals surface area contributed by atoms with Crippen molar-refractivity contribution in [2.75, 3.05) is 0 Å². The number of hydrogen-bond acceptors (Lipinski definition) is 2. The average Bonchev–Trinajstić information content (AvgIpc) is 1.59. The number of rotatable bonds is 1. The van der Waals surface area contributed by atoms with Gasteiger partial charge in [-0.15, -0.1) is 0 Å². The Balaban J connectivity index is 4.39. The first-order valence-electron chi connectivity index (χ1n) is 2.03. The van der Waals surface area contributed by atoms with E-state index in [0.717, 1.165) is 0 Å². The van der Waals surface area contributed by atoms with E-state index < -0.39 is 19.6 Å². The molecule has 0 spiro atoms. The van der Waals surface area contributed by atoms with Gasteiger partial charge in [-0.2, -0.15) is 13.2 Å². The van der Waals surface area contributed by atoms with E-state index >= 15 is 0 Å². The topological polar surface area (TPSA) is 83.6 Å². The van der Waals surface area contributed by atoms with Gasteiger partial charge in [0.05, 0.1) is 0 Å². The zero-order chi connectivity index (χ0) is 8.58. The summed E-state index contributed by atoms with van der Waals surface area (Å²) in [7, 11) is -5.23. The van der Waals surface area contributed by atoms with Gasteiger partial charge in [0, 0.05) is 0 Å². The van der Waals surface area contributed by atoms with Crippen LogP contribution in [0.5, 0.6) is 0 Å². The second-order valence-corrected chi connectivity index (χ2v) is 3.31. The predicted molar refractivity (Wildman–Crippen MR) is 26.1 cm³/mol. The molecule has 0 aliphatic rings. The molecule has 0 saturated heterocycles. The first-order valence-corrected chi connectivity index (χ1v) is 3.71. The van der Waals surface area contributed by atoms with Gasteiger partial charge in [-0.1, -0.05) is 0 Å². The summed E-state index contributed by atoms with van der Waals surface area (Å²) in [6.07, 6.45) is -5.04. The van der Waals surface area contributed by atoms with E-state index in [-0.39, 0.29) is 0 Å². The van der Waals surface area contributed by atoms with E-state index in [0.29, 0.717) is 0 Å². The molecular formula is C2H5F3NO3P. The molecule has 0 aliphatic heterocycles. The van der Waals surface area contributed by atoms with Crippen LogP contribution in [-0.2, 0) is 4.57 Å². The van der Waals surface area contributed by atoms with Gasteiger partial charge in [-0.25, -0.2) is 0 Å². The van der Waals surface area contributed by atoms with Crippen molar-refractivity contribution in [3.63, 3.8) is 0 Å². The van der Waals surface area contributed by atoms with Crippen LogP contribution in [0.3, 0.4) is 0 Å². The molecule has 0 saturated carbocycles. The second kappa shape index (κ2) is 2.50. The third-order valence-corrected chi connectivity index (χ3v) is 1.72. The maximum Gasteiger partial charge on any atom is 0.415 e. The fourth-order valence-corrected chi connectivity index (χ4v) is 0.572. The van der Waals surface area contributed by atoms with Crippen LogP contribution in [-0.4, -0.2) is 21.7 Å². The van der Waals surface area contributed by atoms with Gasteiger partial charge in [0.25, 0.3) is 0 Å². The highest BCUT2D eigenvalue weighted by atomic mass is 31.2. The molecule has 0 bridgehead atoms. The van der Waals surface area contributed by atoms with Gasteiger partial charge in [0.1, 0.15) is 0 Å². The van der Waals surface area contributed by atoms with Crippen molar-refractivity contribution in [1.29, 1.82) is 0 Å². The Labute approximate surface area is 54.0 Å². The molecule has 0 fully saturated rings. The van der Waals surface area contributed by atoms with E-state index in [1.807, 2.05) is 0 Å². The molecule has 4 N–H and O–H groups in total. The molecule has 10 heavy (non-hydrogen) atoms. The van der Waals surface area contributed by atoms with Gasteiger partial charge >= 0.3 is 13.8 Å². The lowest BCUT2D eigenvalue weighted by Crippen LogP contribution is -2.36. The van der Waals surface area contributed by atoms with Crippen molar-refractivity contribution in [2.45, 2.75) is 12.0 Å². The van der Waals surface area contributed by atoms with Crippen LogP contribution in [0.1, 0.15) is 0 Å². The first kappa shape index (κ1) is 9.90. The van der Waals surface area contributed by atoms with Crippen molar-refractivity contribution in [3.8, 4) is 0 Å². The monoisotopic (exact) mass is 179 g/mol. The summed E-state index contributed by atoms with van der Waals surface area (Å²) in [5.41, 5.74) is 4.14. The Bertz CT molecular complexity index is 162. The minimum atomic E-state index is -5.23. The Morgan fingerprint density at radius 3 is 1.70 bits per heavy atom. The molecule has 0 rings (SSSR count). The van der Waals surface area contributed by atoms with E-state index in [1.54, 1.807) is 0 Å². The molecule has 0 aromatic heterocycles. The lowest BCUT2D eigenvalue weighted by atomic mass is 10.7. The van der Waals surface area contributed by atoms with Crippen LogP contribution in [0.4, 0.5) is 13.2 Å². The SMILES string of the molecule is N[C@H](C(F)(F)F)P(=O)(O)O. The van der Waals surface area contributed by atoms with Crippen LogP contribution >= 0.6 is 7.60 Å². The molecule has 4 nitrogen and oxygen atoms in total. The van der Waals surface area contributed by atoms with E-state index in [4.69, 9.17) is 9.79 Å². The fourth-order valence-electron chi connectivity index (χ4n) is 0.191. The number of alkyl halides is 3. The fraction of sp³-hybridized carbons (Fsp3) is 1.00. The molecule has 8 heteroatoms. The highest BCUT2D eigenvalue weighted by Crippen LogP contribution is 2.45. The first-order chi connectivity index (χ1) is 4.15. The Morgan fingerprint density at radius 1 is 1.40 bits per heavy atom. The molecule has 0 unspecified atom stereocenters. The number of halogens is 3. The highest BCUT2D eigenvalue weighted by Gasteiger charge is 2.47. The van der Waals surface area contributed by atoms with Crippen LogP contribution in [0, 0.1) is 0 Å². The molecule has 0 radical (unpaired) electrons. The molecule has 0 aliphatic carbocycles. The summed E-state index contributed by atoms with van der Waals surface area (Å²) in [4.78, 5) is 15.8. The van der Waals surface area contributed by atoms with Crippen LogP contribution in [0.2, 0.25) is 0 Å². The Morgan fingerprint density at radius 2 is 1.70 bits per heavy atom. The smallest absolute Gasteiger partial charge is 0.323 e. The standard InChI is InChI=1S/C2H5F3NO3P/c3-2(4,5)1(6)10(7,8)9/h1H,6H2,(H2,7,8,9)/t1-/m0/s1. The van der Waals surface area contributed by atoms with Gasteiger partial charge in [-0.3, -0.25) is 4.57 Å². The summed E-state index contributed by atoms with van der Waals surface area (Å²) in [5.74, 6) is -3.07. The molecular weight excluding hydrogens is 174 g/mol. The lowest BCUT2D eigenvalue weighted by Gasteiger charge is -2.15. The third-order valence-electron chi connectivity index (χ3n) is 0.698. The van der Waals surface area contributed by atoms with Crippen molar-refractivity contribution in [3.05, 3.63) is 0 Å². The van der Waals surface area contributed by atoms with Gasteiger partial charge in [0.15, 0.2) is 0 Å². The van der Waals surface area contributed by atoms with Gasteiger partial charge < -0.3 is 15.5 Å². The molecule has 0 heterocycles. The van der Waals surface area contributed by atoms with E-state index in [9.17, 15) is 17.7 Å². The van der Waals surface area contributed by atoms with E-state index in [1.165, 1.54) is 0 Å². The molecule has 0 aromatic rings. The normalized spacial score (nSPS) is 17.0. The highest BCUT2D eigenvalue weighted by molar-refractivity contribution is 7.52. The van der Waals surface area contributed by atoms with Crippen molar-refractivity contribution >= 4 is 7.60 Å². The minimum absolute atomic E-state index is 3.07. The number of nitrogens with two attached hydrogens (primary N) is 1. The summed E-state index contributed by atoms with van der Waals surface area (Å²) in [6.45, 7) is 0. The van der Waals surface area contributed by atoms with Crippen LogP contribution < -0.4 is 5.73 Å². The van der Waals surface area contributed by atoms with Crippen molar-refractivity contribution in [1.82, 2.24) is 0 Å². The second-order valence-electron chi connectivity index (χ2n) is 1.58. The molecule has 0 aromatic carbocycles. The zero-order valence-electron chi connectivity index (χ0n) is 4.54. The minimum Gasteiger partial charge on any atom is -0.323 e. The Hall–Kier alpha value is -0.100. The van der Waals surface area contributed by atoms with Crippen LogP contribution in [0.25, 0.3) is 0 Å². The molecule has 62 valence electrons. The quantitative estimate of drug-likeness (QED) is 0.495. The van der Waals surface area contributed by atoms with Crippen molar-refractivity contribution < 1.29 is 27.5 Å². The zero-order valence-corrected chi connectivity index (χ0v) is 5.43. The van der Waals surface area contributed by atoms with Gasteiger partial charge in [0.2, 0.25) is 5.78 Å². The maximum absolute atomic E-state index is 11.3. The Kier molecular flexibility index (Phi) is 2.48. The summed E-state index contributed by atoms with van der Waals surface area (Å²) >= 11 is 0. The summed E-state index contributed by atoms with van der Waals surface area (Å²) in [6, 6.07) is 0. The summed E-state index contributed by atoms with van der Waals surface area (Å²) in [5, 5.41) is 0. The van der Waals surface area contributed by atoms with Crippen LogP contribution in [0.15, 0.2) is 0 Å². The van der Waals surface area contributed by atoms with Gasteiger partial charge in [-0.05, 0) is 0 Å². The summed E-state index contributed by atoms with van der Waals surface area (Å²) < 4.78 is 43.8. The largest absolute Gasteiger partial charge is 0.415 e. The molecule has 1 atom stereocenters. The number of hydrogen-bond donors (Lipinski definition) is 3. The van der Waals surface area contributed by atoms with E-state index in [2.05, 4.69) is 5.73 Å². The predicted octanol–water partition coefficient (Wildman–Crippen LogP) is 0.0112. The maximum atomic E-state index is 11.3. The average molecular weight is 179 g/mol. The third kappa shape index (κ3) is 2.66. The lowest BCUT2D eigenvalue weighted by molar-refractivity contribution is -0.132. The van der Waals surface area contributed by atoms with Crippen molar-refractivity contribution in [2.24, 2.45) is 5.73 Å².